The number of ether oxygens (including phenoxy) is 1. The van der Waals surface area contributed by atoms with E-state index >= 15 is 0 Å². The first kappa shape index (κ1) is 14.4. The fourth-order valence-corrected chi connectivity index (χ4v) is 2.10. The van der Waals surface area contributed by atoms with Crippen LogP contribution in [0, 0.1) is 0 Å². The molecule has 5 nitrogen and oxygen atoms in total. The van der Waals surface area contributed by atoms with Crippen molar-refractivity contribution < 1.29 is 14.6 Å². The summed E-state index contributed by atoms with van der Waals surface area (Å²) in [7, 11) is 1.56. The Balaban J connectivity index is 2.30. The third-order valence-corrected chi connectivity index (χ3v) is 2.92. The van der Waals surface area contributed by atoms with E-state index in [2.05, 4.69) is 5.32 Å². The number of likely N-dealkylation sites (tertiary alicyclic amines) is 1. The third-order valence-electron chi connectivity index (χ3n) is 2.92. The van der Waals surface area contributed by atoms with Crippen LogP contribution in [-0.4, -0.2) is 60.9 Å². The Hall–Kier alpha value is -0.650. The lowest BCUT2D eigenvalue weighted by molar-refractivity contribution is -0.129. The minimum atomic E-state index is -0.482. The lowest BCUT2D eigenvalue weighted by atomic mass is 10.2. The largest absolute Gasteiger partial charge is 0.391 e. The molecule has 0 aromatic heterocycles. The van der Waals surface area contributed by atoms with Crippen molar-refractivity contribution in [2.24, 2.45) is 0 Å². The normalized spacial score (nSPS) is 22.5. The zero-order chi connectivity index (χ0) is 12.8. The minimum Gasteiger partial charge on any atom is -0.391 e. The number of amides is 1. The molecule has 1 amide bonds. The zero-order valence-corrected chi connectivity index (χ0v) is 11.0. The Morgan fingerprint density at radius 2 is 2.29 bits per heavy atom. The number of hydrogen-bond donors (Lipinski definition) is 2. The molecule has 100 valence electrons. The van der Waals surface area contributed by atoms with Crippen LogP contribution in [0.3, 0.4) is 0 Å². The maximum absolute atomic E-state index is 12.0. The molecule has 0 aliphatic carbocycles. The summed E-state index contributed by atoms with van der Waals surface area (Å²) in [5, 5.41) is 12.8. The summed E-state index contributed by atoms with van der Waals surface area (Å²) in [5.74, 6) is 0.156. The van der Waals surface area contributed by atoms with Gasteiger partial charge >= 0.3 is 0 Å². The van der Waals surface area contributed by atoms with Gasteiger partial charge in [0, 0.05) is 26.2 Å². The molecule has 0 aromatic carbocycles. The van der Waals surface area contributed by atoms with E-state index in [4.69, 9.17) is 4.74 Å². The van der Waals surface area contributed by atoms with Gasteiger partial charge in [-0.25, -0.2) is 0 Å². The molecule has 1 heterocycles. The van der Waals surface area contributed by atoms with Crippen LogP contribution in [0.25, 0.3) is 0 Å². The number of methoxy groups -OCH3 is 1. The molecular weight excluding hydrogens is 220 g/mol. The van der Waals surface area contributed by atoms with E-state index in [9.17, 15) is 9.90 Å². The molecule has 5 heteroatoms. The maximum Gasteiger partial charge on any atom is 0.239 e. The molecule has 1 fully saturated rings. The predicted octanol–water partition coefficient (Wildman–Crippen LogP) is -0.0173. The average Bonchev–Trinajstić information content (AvgIpc) is 2.58. The molecule has 0 bridgehead atoms. The van der Waals surface area contributed by atoms with E-state index in [1.807, 2.05) is 18.7 Å². The van der Waals surface area contributed by atoms with Crippen molar-refractivity contribution in [2.45, 2.75) is 44.9 Å². The van der Waals surface area contributed by atoms with Crippen LogP contribution >= 0.6 is 0 Å². The highest BCUT2D eigenvalue weighted by Crippen LogP contribution is 2.12. The summed E-state index contributed by atoms with van der Waals surface area (Å²) in [6.07, 6.45) is 0.954. The van der Waals surface area contributed by atoms with Gasteiger partial charge in [0.2, 0.25) is 5.91 Å². The highest BCUT2D eigenvalue weighted by Gasteiger charge is 2.31. The molecule has 0 aromatic rings. The van der Waals surface area contributed by atoms with Crippen molar-refractivity contribution in [1.29, 1.82) is 0 Å². The topological polar surface area (TPSA) is 61.8 Å². The fraction of sp³-hybridized carbons (Fsp3) is 0.917. The van der Waals surface area contributed by atoms with Crippen LogP contribution in [0.5, 0.6) is 0 Å². The zero-order valence-electron chi connectivity index (χ0n) is 11.0. The summed E-state index contributed by atoms with van der Waals surface area (Å²) < 4.78 is 4.85. The van der Waals surface area contributed by atoms with Crippen molar-refractivity contribution >= 4 is 5.91 Å². The first-order valence-corrected chi connectivity index (χ1v) is 6.26. The molecule has 2 atom stereocenters. The summed E-state index contributed by atoms with van der Waals surface area (Å²) in [4.78, 5) is 13.8. The third kappa shape index (κ3) is 4.61. The predicted molar refractivity (Wildman–Crippen MR) is 65.8 cm³/mol. The van der Waals surface area contributed by atoms with Crippen LogP contribution in [-0.2, 0) is 9.53 Å². The number of aliphatic hydroxyl groups excluding tert-OH is 1. The number of nitrogens with zero attached hydrogens (tertiary/aromatic N) is 1. The number of rotatable bonds is 7. The van der Waals surface area contributed by atoms with Gasteiger partial charge in [-0.15, -0.1) is 0 Å². The molecule has 0 saturated carbocycles. The van der Waals surface area contributed by atoms with E-state index in [-0.39, 0.29) is 11.9 Å². The second-order valence-electron chi connectivity index (χ2n) is 4.89. The molecule has 2 N–H and O–H groups in total. The smallest absolute Gasteiger partial charge is 0.239 e. The molecule has 17 heavy (non-hydrogen) atoms. The van der Waals surface area contributed by atoms with E-state index in [0.29, 0.717) is 25.6 Å². The summed E-state index contributed by atoms with van der Waals surface area (Å²) in [6, 6.07) is 0.276. The van der Waals surface area contributed by atoms with Crippen LogP contribution < -0.4 is 5.32 Å². The summed E-state index contributed by atoms with van der Waals surface area (Å²) in [5.41, 5.74) is 0. The van der Waals surface area contributed by atoms with Gasteiger partial charge < -0.3 is 20.1 Å². The molecule has 0 spiro atoms. The van der Waals surface area contributed by atoms with Gasteiger partial charge in [-0.1, -0.05) is 13.8 Å². The van der Waals surface area contributed by atoms with E-state index in [1.54, 1.807) is 7.11 Å². The van der Waals surface area contributed by atoms with Crippen molar-refractivity contribution in [3.63, 3.8) is 0 Å². The van der Waals surface area contributed by atoms with Crippen LogP contribution in [0.2, 0.25) is 0 Å². The van der Waals surface area contributed by atoms with Gasteiger partial charge in [0.15, 0.2) is 0 Å². The Labute approximate surface area is 103 Å². The van der Waals surface area contributed by atoms with Crippen molar-refractivity contribution in [2.75, 3.05) is 26.8 Å². The molecule has 1 aliphatic rings. The van der Waals surface area contributed by atoms with Crippen LogP contribution in [0.4, 0.5) is 0 Å². The fourth-order valence-electron chi connectivity index (χ4n) is 2.10. The monoisotopic (exact) mass is 244 g/mol. The van der Waals surface area contributed by atoms with Gasteiger partial charge in [-0.3, -0.25) is 4.79 Å². The number of carbonyl (C=O) groups is 1. The van der Waals surface area contributed by atoms with Gasteiger partial charge in [-0.2, -0.15) is 0 Å². The number of nitrogens with one attached hydrogen (secondary N) is 1. The maximum atomic E-state index is 12.0. The molecule has 1 saturated heterocycles. The SMILES string of the molecule is COCC(O)CCN1CCC(NC(C)C)C1=O. The van der Waals surface area contributed by atoms with Gasteiger partial charge in [0.25, 0.3) is 0 Å². The van der Waals surface area contributed by atoms with Crippen LogP contribution in [0.1, 0.15) is 26.7 Å². The van der Waals surface area contributed by atoms with Gasteiger partial charge in [0.05, 0.1) is 18.8 Å². The Kier molecular flexibility index (Phi) is 5.88. The lowest BCUT2D eigenvalue weighted by Gasteiger charge is -2.19. The second kappa shape index (κ2) is 6.93. The van der Waals surface area contributed by atoms with E-state index < -0.39 is 6.10 Å². The molecule has 2 unspecified atom stereocenters. The first-order chi connectivity index (χ1) is 8.04. The van der Waals surface area contributed by atoms with E-state index in [0.717, 1.165) is 13.0 Å². The molecule has 0 radical (unpaired) electrons. The Morgan fingerprint density at radius 3 is 2.88 bits per heavy atom. The molecule has 1 aliphatic heterocycles. The van der Waals surface area contributed by atoms with Gasteiger partial charge in [0.1, 0.15) is 0 Å². The summed E-state index contributed by atoms with van der Waals surface area (Å²) >= 11 is 0. The lowest BCUT2D eigenvalue weighted by Crippen LogP contribution is -2.42. The second-order valence-corrected chi connectivity index (χ2v) is 4.89. The first-order valence-electron chi connectivity index (χ1n) is 6.26. The number of hydrogen-bond acceptors (Lipinski definition) is 4. The Morgan fingerprint density at radius 1 is 1.59 bits per heavy atom. The molecule has 1 rings (SSSR count). The standard InChI is InChI=1S/C12H24N2O3/c1-9(2)13-11-5-7-14(12(11)16)6-4-10(15)8-17-3/h9-11,13,15H,4-8H2,1-3H3. The van der Waals surface area contributed by atoms with Crippen molar-refractivity contribution in [1.82, 2.24) is 10.2 Å². The Bertz CT molecular complexity index is 246. The minimum absolute atomic E-state index is 0.0467. The number of aliphatic hydroxyl groups is 1. The van der Waals surface area contributed by atoms with Crippen molar-refractivity contribution in [3.05, 3.63) is 0 Å². The highest BCUT2D eigenvalue weighted by atomic mass is 16.5. The quantitative estimate of drug-likeness (QED) is 0.661. The highest BCUT2D eigenvalue weighted by molar-refractivity contribution is 5.83. The average molecular weight is 244 g/mol. The van der Waals surface area contributed by atoms with Crippen molar-refractivity contribution in [3.8, 4) is 0 Å². The van der Waals surface area contributed by atoms with E-state index in [1.165, 1.54) is 0 Å². The summed E-state index contributed by atoms with van der Waals surface area (Å²) in [6.45, 7) is 5.80. The van der Waals surface area contributed by atoms with Crippen LogP contribution in [0.15, 0.2) is 0 Å². The molecular formula is C12H24N2O3. The van der Waals surface area contributed by atoms with Gasteiger partial charge in [-0.05, 0) is 12.8 Å². The number of carbonyl (C=O) groups excluding carboxylic acids is 1.